The van der Waals surface area contributed by atoms with Crippen LogP contribution in [0.1, 0.15) is 5.89 Å². The molecule has 1 aromatic heterocycles. The number of fused-ring (bicyclic) bond motifs is 1. The molecule has 0 fully saturated rings. The van der Waals surface area contributed by atoms with E-state index < -0.39 is 5.63 Å². The molecule has 0 atom stereocenters. The summed E-state index contributed by atoms with van der Waals surface area (Å²) < 4.78 is 4.85. The smallest absolute Gasteiger partial charge is 0.347 e. The Morgan fingerprint density at radius 3 is 3.00 bits per heavy atom. The molecule has 0 bridgehead atoms. The minimum atomic E-state index is -0.451. The number of hydrogen-bond acceptors (Lipinski definition) is 3. The van der Waals surface area contributed by atoms with Gasteiger partial charge in [-0.1, -0.05) is 18.2 Å². The Labute approximate surface area is 84.6 Å². The van der Waals surface area contributed by atoms with Crippen LogP contribution in [0.3, 0.4) is 0 Å². The Hall–Kier alpha value is -1.61. The van der Waals surface area contributed by atoms with Crippen molar-refractivity contribution in [1.29, 1.82) is 0 Å². The molecule has 2 aromatic rings. The third kappa shape index (κ3) is 1.42. The summed E-state index contributed by atoms with van der Waals surface area (Å²) in [5, 5.41) is 0.862. The van der Waals surface area contributed by atoms with Gasteiger partial charge < -0.3 is 4.42 Å². The SMILES string of the molecule is C=Cc1nc2ccc(Cl)cc2c(=O)o1. The van der Waals surface area contributed by atoms with E-state index >= 15 is 0 Å². The fraction of sp³-hybridized carbons (Fsp3) is 0. The molecule has 70 valence electrons. The number of hydrogen-bond donors (Lipinski definition) is 0. The summed E-state index contributed by atoms with van der Waals surface area (Å²) in [4.78, 5) is 15.4. The summed E-state index contributed by atoms with van der Waals surface area (Å²) in [6.45, 7) is 3.48. The van der Waals surface area contributed by atoms with Crippen LogP contribution < -0.4 is 5.63 Å². The maximum atomic E-state index is 11.4. The molecule has 3 nitrogen and oxygen atoms in total. The molecule has 0 aliphatic carbocycles. The molecule has 0 N–H and O–H groups in total. The first kappa shape index (κ1) is 8.97. The zero-order valence-corrected chi connectivity index (χ0v) is 7.91. The van der Waals surface area contributed by atoms with Gasteiger partial charge in [-0.2, -0.15) is 0 Å². The Morgan fingerprint density at radius 2 is 2.29 bits per heavy atom. The van der Waals surface area contributed by atoms with Gasteiger partial charge in [0.25, 0.3) is 0 Å². The summed E-state index contributed by atoms with van der Waals surface area (Å²) in [7, 11) is 0. The number of aromatic nitrogens is 1. The van der Waals surface area contributed by atoms with Crippen molar-refractivity contribution in [3.05, 3.63) is 46.1 Å². The van der Waals surface area contributed by atoms with Gasteiger partial charge in [-0.3, -0.25) is 0 Å². The van der Waals surface area contributed by atoms with Gasteiger partial charge in [-0.15, -0.1) is 0 Å². The molecule has 14 heavy (non-hydrogen) atoms. The maximum Gasteiger partial charge on any atom is 0.347 e. The Balaban J connectivity index is 2.90. The van der Waals surface area contributed by atoms with Crippen molar-refractivity contribution >= 4 is 28.6 Å². The molecule has 0 aliphatic heterocycles. The van der Waals surface area contributed by atoms with Crippen LogP contribution in [0.25, 0.3) is 17.0 Å². The largest absolute Gasteiger partial charge is 0.404 e. The van der Waals surface area contributed by atoms with Crippen LogP contribution in [-0.2, 0) is 0 Å². The van der Waals surface area contributed by atoms with Crippen LogP contribution in [0, 0.1) is 0 Å². The van der Waals surface area contributed by atoms with Crippen molar-refractivity contribution in [2.45, 2.75) is 0 Å². The molecule has 0 saturated heterocycles. The summed E-state index contributed by atoms with van der Waals surface area (Å²) in [6.07, 6.45) is 1.38. The highest BCUT2D eigenvalue weighted by atomic mass is 35.5. The second-order valence-corrected chi connectivity index (χ2v) is 3.14. The lowest BCUT2D eigenvalue weighted by Crippen LogP contribution is -2.02. The van der Waals surface area contributed by atoms with Crippen LogP contribution in [0.5, 0.6) is 0 Å². The van der Waals surface area contributed by atoms with E-state index in [9.17, 15) is 4.79 Å². The van der Waals surface area contributed by atoms with Crippen LogP contribution in [0.2, 0.25) is 5.02 Å². The minimum absolute atomic E-state index is 0.213. The lowest BCUT2D eigenvalue weighted by atomic mass is 10.2. The van der Waals surface area contributed by atoms with E-state index in [-0.39, 0.29) is 5.89 Å². The Morgan fingerprint density at radius 1 is 1.50 bits per heavy atom. The highest BCUT2D eigenvalue weighted by molar-refractivity contribution is 6.31. The summed E-state index contributed by atoms with van der Waals surface area (Å²) in [5.41, 5.74) is 0.105. The van der Waals surface area contributed by atoms with Crippen molar-refractivity contribution in [2.75, 3.05) is 0 Å². The molecule has 0 radical (unpaired) electrons. The fourth-order valence-corrected chi connectivity index (χ4v) is 1.32. The lowest BCUT2D eigenvalue weighted by Gasteiger charge is -1.97. The first-order chi connectivity index (χ1) is 6.70. The first-order valence-electron chi connectivity index (χ1n) is 3.93. The van der Waals surface area contributed by atoms with Crippen molar-refractivity contribution in [3.8, 4) is 0 Å². The minimum Gasteiger partial charge on any atom is -0.404 e. The van der Waals surface area contributed by atoms with Crippen LogP contribution in [-0.4, -0.2) is 4.98 Å². The van der Waals surface area contributed by atoms with E-state index in [1.54, 1.807) is 12.1 Å². The second kappa shape index (κ2) is 3.27. The van der Waals surface area contributed by atoms with Gasteiger partial charge in [0.1, 0.15) is 0 Å². The Kier molecular flexibility index (Phi) is 2.09. The first-order valence-corrected chi connectivity index (χ1v) is 4.31. The van der Waals surface area contributed by atoms with Gasteiger partial charge in [-0.05, 0) is 24.3 Å². The third-order valence-electron chi connectivity index (χ3n) is 1.78. The molecule has 0 unspecified atom stereocenters. The molecule has 1 heterocycles. The molecular formula is C10H6ClNO2. The lowest BCUT2D eigenvalue weighted by molar-refractivity contribution is 0.490. The van der Waals surface area contributed by atoms with E-state index in [2.05, 4.69) is 11.6 Å². The summed E-state index contributed by atoms with van der Waals surface area (Å²) in [6, 6.07) is 4.87. The molecular weight excluding hydrogens is 202 g/mol. The standard InChI is InChI=1S/C10H6ClNO2/c1-2-9-12-8-4-3-6(11)5-7(8)10(13)14-9/h2-5H,1H2. The normalized spacial score (nSPS) is 10.4. The van der Waals surface area contributed by atoms with E-state index in [0.29, 0.717) is 15.9 Å². The van der Waals surface area contributed by atoms with Crippen molar-refractivity contribution in [2.24, 2.45) is 0 Å². The van der Waals surface area contributed by atoms with Crippen LogP contribution >= 0.6 is 11.6 Å². The van der Waals surface area contributed by atoms with Crippen molar-refractivity contribution < 1.29 is 4.42 Å². The van der Waals surface area contributed by atoms with E-state index in [4.69, 9.17) is 16.0 Å². The van der Waals surface area contributed by atoms with Gasteiger partial charge in [-0.25, -0.2) is 9.78 Å². The Bertz CT molecular complexity index is 560. The summed E-state index contributed by atoms with van der Waals surface area (Å²) in [5.74, 6) is 0.213. The van der Waals surface area contributed by atoms with Gasteiger partial charge in [0.15, 0.2) is 0 Å². The van der Waals surface area contributed by atoms with Crippen molar-refractivity contribution in [3.63, 3.8) is 0 Å². The fourth-order valence-electron chi connectivity index (χ4n) is 1.15. The van der Waals surface area contributed by atoms with Crippen LogP contribution in [0.4, 0.5) is 0 Å². The number of rotatable bonds is 1. The molecule has 0 amide bonds. The number of nitrogens with zero attached hydrogens (tertiary/aromatic N) is 1. The number of halogens is 1. The predicted octanol–water partition coefficient (Wildman–Crippen LogP) is 2.48. The summed E-state index contributed by atoms with van der Waals surface area (Å²) >= 11 is 5.74. The number of benzene rings is 1. The molecule has 1 aromatic carbocycles. The monoisotopic (exact) mass is 207 g/mol. The quantitative estimate of drug-likeness (QED) is 0.722. The van der Waals surface area contributed by atoms with Gasteiger partial charge in [0.05, 0.1) is 10.9 Å². The molecule has 0 saturated carbocycles. The van der Waals surface area contributed by atoms with Gasteiger partial charge in [0, 0.05) is 5.02 Å². The molecule has 0 spiro atoms. The van der Waals surface area contributed by atoms with E-state index in [1.165, 1.54) is 12.1 Å². The highest BCUT2D eigenvalue weighted by Crippen LogP contribution is 2.15. The highest BCUT2D eigenvalue weighted by Gasteiger charge is 2.03. The molecule has 2 rings (SSSR count). The predicted molar refractivity (Wildman–Crippen MR) is 55.4 cm³/mol. The topological polar surface area (TPSA) is 43.1 Å². The molecule has 0 aliphatic rings. The average Bonchev–Trinajstić information content (AvgIpc) is 2.19. The van der Waals surface area contributed by atoms with Gasteiger partial charge >= 0.3 is 5.63 Å². The van der Waals surface area contributed by atoms with Crippen molar-refractivity contribution in [1.82, 2.24) is 4.98 Å². The van der Waals surface area contributed by atoms with Crippen LogP contribution in [0.15, 0.2) is 34.0 Å². The third-order valence-corrected chi connectivity index (χ3v) is 2.02. The zero-order chi connectivity index (χ0) is 10.1. The van der Waals surface area contributed by atoms with E-state index in [0.717, 1.165) is 0 Å². The average molecular weight is 208 g/mol. The van der Waals surface area contributed by atoms with E-state index in [1.807, 2.05) is 0 Å². The molecule has 4 heteroatoms. The second-order valence-electron chi connectivity index (χ2n) is 2.71. The van der Waals surface area contributed by atoms with Gasteiger partial charge in [0.2, 0.25) is 5.89 Å². The maximum absolute atomic E-state index is 11.4. The zero-order valence-electron chi connectivity index (χ0n) is 7.16.